The highest BCUT2D eigenvalue weighted by Crippen LogP contribution is 2.12. The van der Waals surface area contributed by atoms with Crippen molar-refractivity contribution in [3.05, 3.63) is 23.4 Å². The lowest BCUT2D eigenvalue weighted by Crippen LogP contribution is -2.25. The summed E-state index contributed by atoms with van der Waals surface area (Å²) in [5, 5.41) is 0. The van der Waals surface area contributed by atoms with Crippen LogP contribution in [0.3, 0.4) is 0 Å². The highest BCUT2D eigenvalue weighted by atomic mass is 15.1. The van der Waals surface area contributed by atoms with Gasteiger partial charge >= 0.3 is 0 Å². The first-order valence-corrected chi connectivity index (χ1v) is 4.66. The van der Waals surface area contributed by atoms with Crippen molar-refractivity contribution in [3.63, 3.8) is 0 Å². The lowest BCUT2D eigenvalue weighted by molar-refractivity contribution is 0.350. The molecule has 0 atom stereocenters. The fraction of sp³-hybridized carbons (Fsp3) is 0.636. The van der Waals surface area contributed by atoms with Gasteiger partial charge in [0.15, 0.2) is 0 Å². The molecule has 67 valence electrons. The summed E-state index contributed by atoms with van der Waals surface area (Å²) in [5.41, 5.74) is 2.71. The van der Waals surface area contributed by atoms with Crippen LogP contribution in [0.1, 0.15) is 33.6 Å². The number of allylic oxidation sites excluding steroid dienone is 3. The molecule has 1 aliphatic heterocycles. The monoisotopic (exact) mass is 164 g/mol. The van der Waals surface area contributed by atoms with Gasteiger partial charge in [-0.25, -0.2) is 0 Å². The van der Waals surface area contributed by atoms with Gasteiger partial charge in [-0.3, -0.25) is 0 Å². The van der Waals surface area contributed by atoms with E-state index in [1.54, 1.807) is 0 Å². The SMILES string of the molecule is CC1=[C]CCCN1CC=C(C)C. The van der Waals surface area contributed by atoms with E-state index in [0.717, 1.165) is 13.0 Å². The van der Waals surface area contributed by atoms with Gasteiger partial charge in [-0.05, 0) is 39.7 Å². The summed E-state index contributed by atoms with van der Waals surface area (Å²) in [6.07, 6.45) is 8.04. The minimum atomic E-state index is 1.06. The van der Waals surface area contributed by atoms with E-state index in [1.807, 2.05) is 0 Å². The molecule has 0 aromatic carbocycles. The molecule has 1 heterocycles. The van der Waals surface area contributed by atoms with Crippen molar-refractivity contribution < 1.29 is 0 Å². The second-order valence-electron chi connectivity index (χ2n) is 3.59. The summed E-state index contributed by atoms with van der Waals surface area (Å²) in [6.45, 7) is 8.70. The second kappa shape index (κ2) is 4.34. The zero-order valence-corrected chi connectivity index (χ0v) is 8.35. The zero-order chi connectivity index (χ0) is 8.97. The minimum absolute atomic E-state index is 1.06. The van der Waals surface area contributed by atoms with Gasteiger partial charge in [0.25, 0.3) is 0 Å². The maximum atomic E-state index is 3.37. The third-order valence-electron chi connectivity index (χ3n) is 2.18. The van der Waals surface area contributed by atoms with Crippen LogP contribution in [-0.4, -0.2) is 18.0 Å². The molecule has 0 unspecified atom stereocenters. The van der Waals surface area contributed by atoms with Crippen LogP contribution in [0.2, 0.25) is 0 Å². The van der Waals surface area contributed by atoms with Gasteiger partial charge < -0.3 is 4.90 Å². The van der Waals surface area contributed by atoms with Gasteiger partial charge in [-0.1, -0.05) is 11.6 Å². The van der Waals surface area contributed by atoms with E-state index >= 15 is 0 Å². The number of hydrogen-bond acceptors (Lipinski definition) is 1. The van der Waals surface area contributed by atoms with E-state index in [0.29, 0.717) is 0 Å². The van der Waals surface area contributed by atoms with Crippen LogP contribution in [0.15, 0.2) is 17.3 Å². The molecule has 0 aromatic heterocycles. The molecule has 0 aliphatic carbocycles. The Bertz CT molecular complexity index is 197. The molecule has 0 spiro atoms. The molecule has 0 saturated heterocycles. The molecule has 0 aromatic rings. The summed E-state index contributed by atoms with van der Waals surface area (Å²) < 4.78 is 0. The molecule has 0 fully saturated rings. The number of nitrogens with zero attached hydrogens (tertiary/aromatic N) is 1. The van der Waals surface area contributed by atoms with Crippen LogP contribution in [0.4, 0.5) is 0 Å². The molecule has 12 heavy (non-hydrogen) atoms. The predicted octanol–water partition coefficient (Wildman–Crippen LogP) is 2.76. The molecule has 1 nitrogen and oxygen atoms in total. The maximum absolute atomic E-state index is 3.37. The normalized spacial score (nSPS) is 17.2. The Balaban J connectivity index is 2.46. The minimum Gasteiger partial charge on any atom is -0.371 e. The molecule has 1 heteroatoms. The lowest BCUT2D eigenvalue weighted by Gasteiger charge is -2.27. The topological polar surface area (TPSA) is 3.24 Å². The van der Waals surface area contributed by atoms with E-state index in [-0.39, 0.29) is 0 Å². The molecule has 0 N–H and O–H groups in total. The van der Waals surface area contributed by atoms with Crippen molar-refractivity contribution >= 4 is 0 Å². The van der Waals surface area contributed by atoms with Gasteiger partial charge in [0.1, 0.15) is 0 Å². The third-order valence-corrected chi connectivity index (χ3v) is 2.18. The molecule has 0 saturated carbocycles. The Labute approximate surface area is 75.8 Å². The first kappa shape index (κ1) is 9.37. The van der Waals surface area contributed by atoms with Crippen molar-refractivity contribution in [1.82, 2.24) is 4.90 Å². The molecule has 0 bridgehead atoms. The highest BCUT2D eigenvalue weighted by Gasteiger charge is 2.07. The zero-order valence-electron chi connectivity index (χ0n) is 8.35. The molecule has 1 radical (unpaired) electrons. The average molecular weight is 164 g/mol. The second-order valence-corrected chi connectivity index (χ2v) is 3.59. The van der Waals surface area contributed by atoms with Gasteiger partial charge in [-0.15, -0.1) is 0 Å². The van der Waals surface area contributed by atoms with Gasteiger partial charge in [0, 0.05) is 18.8 Å². The van der Waals surface area contributed by atoms with Crippen LogP contribution >= 0.6 is 0 Å². The largest absolute Gasteiger partial charge is 0.371 e. The summed E-state index contributed by atoms with van der Waals surface area (Å²) in [6, 6.07) is 0. The quantitative estimate of drug-likeness (QED) is 0.567. The van der Waals surface area contributed by atoms with E-state index in [9.17, 15) is 0 Å². The molecule has 1 aliphatic rings. The van der Waals surface area contributed by atoms with Crippen molar-refractivity contribution in [1.29, 1.82) is 0 Å². The van der Waals surface area contributed by atoms with Crippen LogP contribution in [-0.2, 0) is 0 Å². The standard InChI is InChI=1S/C11H18N/c1-10(2)7-9-12-8-5-4-6-11(12)3/h7H,4-5,8-9H2,1-3H3. The Kier molecular flexibility index (Phi) is 3.39. The number of rotatable bonds is 2. The predicted molar refractivity (Wildman–Crippen MR) is 52.7 cm³/mol. The fourth-order valence-electron chi connectivity index (χ4n) is 1.34. The van der Waals surface area contributed by atoms with Crippen LogP contribution in [0.5, 0.6) is 0 Å². The highest BCUT2D eigenvalue weighted by molar-refractivity contribution is 5.02. The van der Waals surface area contributed by atoms with Crippen molar-refractivity contribution in [2.75, 3.05) is 13.1 Å². The Morgan fingerprint density at radius 3 is 2.92 bits per heavy atom. The smallest absolute Gasteiger partial charge is 0.0358 e. The summed E-state index contributed by atoms with van der Waals surface area (Å²) in [7, 11) is 0. The van der Waals surface area contributed by atoms with Crippen LogP contribution in [0, 0.1) is 6.08 Å². The maximum Gasteiger partial charge on any atom is 0.0358 e. The molecular formula is C11H18N. The Morgan fingerprint density at radius 1 is 1.58 bits per heavy atom. The van der Waals surface area contributed by atoms with E-state index in [2.05, 4.69) is 37.8 Å². The summed E-state index contributed by atoms with van der Waals surface area (Å²) in [4.78, 5) is 2.39. The average Bonchev–Trinajstić information content (AvgIpc) is 2.03. The van der Waals surface area contributed by atoms with Crippen LogP contribution in [0.25, 0.3) is 0 Å². The fourth-order valence-corrected chi connectivity index (χ4v) is 1.34. The summed E-state index contributed by atoms with van der Waals surface area (Å²) in [5.74, 6) is 0. The Morgan fingerprint density at radius 2 is 2.33 bits per heavy atom. The molecule has 0 amide bonds. The molecule has 1 rings (SSSR count). The molecular weight excluding hydrogens is 146 g/mol. The van der Waals surface area contributed by atoms with Crippen LogP contribution < -0.4 is 0 Å². The van der Waals surface area contributed by atoms with Crippen molar-refractivity contribution in [2.24, 2.45) is 0 Å². The summed E-state index contributed by atoms with van der Waals surface area (Å²) >= 11 is 0. The first-order valence-electron chi connectivity index (χ1n) is 4.66. The van der Waals surface area contributed by atoms with Gasteiger partial charge in [0.2, 0.25) is 0 Å². The van der Waals surface area contributed by atoms with E-state index in [1.165, 1.54) is 24.2 Å². The lowest BCUT2D eigenvalue weighted by atomic mass is 10.1. The van der Waals surface area contributed by atoms with Crippen molar-refractivity contribution in [3.8, 4) is 0 Å². The van der Waals surface area contributed by atoms with E-state index in [4.69, 9.17) is 0 Å². The first-order chi connectivity index (χ1) is 5.70. The van der Waals surface area contributed by atoms with Gasteiger partial charge in [-0.2, -0.15) is 0 Å². The third kappa shape index (κ3) is 2.72. The van der Waals surface area contributed by atoms with Gasteiger partial charge in [0.05, 0.1) is 0 Å². The Hall–Kier alpha value is -0.720. The van der Waals surface area contributed by atoms with E-state index < -0.39 is 0 Å². The number of hydrogen-bond donors (Lipinski definition) is 0. The van der Waals surface area contributed by atoms with Crippen molar-refractivity contribution in [2.45, 2.75) is 33.6 Å².